The SMILES string of the molecule is CC(N)Cc1cccc(OCCOC(C)(C)C)c1. The first kappa shape index (κ1) is 15.0. The topological polar surface area (TPSA) is 44.5 Å². The van der Waals surface area contributed by atoms with Crippen LogP contribution >= 0.6 is 0 Å². The molecule has 1 atom stereocenters. The Morgan fingerprint density at radius 2 is 1.94 bits per heavy atom. The molecule has 0 fully saturated rings. The molecule has 0 aromatic heterocycles. The Morgan fingerprint density at radius 3 is 2.56 bits per heavy atom. The third-order valence-corrected chi connectivity index (χ3v) is 2.34. The highest BCUT2D eigenvalue weighted by atomic mass is 16.5. The van der Waals surface area contributed by atoms with E-state index in [2.05, 4.69) is 6.07 Å². The predicted octanol–water partition coefficient (Wildman–Crippen LogP) is 2.77. The lowest BCUT2D eigenvalue weighted by Crippen LogP contribution is -2.22. The van der Waals surface area contributed by atoms with Crippen LogP contribution in [0.3, 0.4) is 0 Å². The molecule has 0 bridgehead atoms. The molecule has 0 amide bonds. The maximum absolute atomic E-state index is 5.78. The molecule has 0 saturated heterocycles. The fourth-order valence-corrected chi connectivity index (χ4v) is 1.64. The minimum Gasteiger partial charge on any atom is -0.491 e. The van der Waals surface area contributed by atoms with Crippen LogP contribution in [0.15, 0.2) is 24.3 Å². The van der Waals surface area contributed by atoms with E-state index in [1.54, 1.807) is 0 Å². The Kier molecular flexibility index (Phi) is 5.63. The van der Waals surface area contributed by atoms with Crippen LogP contribution in [0.4, 0.5) is 0 Å². The maximum Gasteiger partial charge on any atom is 0.119 e. The molecular weight excluding hydrogens is 226 g/mol. The molecule has 2 N–H and O–H groups in total. The summed E-state index contributed by atoms with van der Waals surface area (Å²) in [5.41, 5.74) is 6.88. The molecule has 1 aromatic rings. The van der Waals surface area contributed by atoms with Gasteiger partial charge in [0.05, 0.1) is 12.2 Å². The van der Waals surface area contributed by atoms with Crippen molar-refractivity contribution < 1.29 is 9.47 Å². The first-order valence-corrected chi connectivity index (χ1v) is 6.48. The Hall–Kier alpha value is -1.06. The zero-order valence-corrected chi connectivity index (χ0v) is 11.9. The lowest BCUT2D eigenvalue weighted by atomic mass is 10.1. The van der Waals surface area contributed by atoms with Gasteiger partial charge in [0.1, 0.15) is 12.4 Å². The molecule has 3 nitrogen and oxygen atoms in total. The van der Waals surface area contributed by atoms with Crippen LogP contribution in [-0.4, -0.2) is 24.9 Å². The van der Waals surface area contributed by atoms with Gasteiger partial charge in [-0.2, -0.15) is 0 Å². The van der Waals surface area contributed by atoms with Crippen LogP contribution in [0.5, 0.6) is 5.75 Å². The largest absolute Gasteiger partial charge is 0.491 e. The molecule has 0 aliphatic heterocycles. The first-order chi connectivity index (χ1) is 8.37. The third kappa shape index (κ3) is 6.62. The quantitative estimate of drug-likeness (QED) is 0.791. The van der Waals surface area contributed by atoms with Crippen LogP contribution in [0, 0.1) is 0 Å². The zero-order valence-electron chi connectivity index (χ0n) is 11.9. The van der Waals surface area contributed by atoms with Crippen molar-refractivity contribution in [3.63, 3.8) is 0 Å². The number of ether oxygens (including phenoxy) is 2. The second-order valence-electron chi connectivity index (χ2n) is 5.64. The zero-order chi connectivity index (χ0) is 13.6. The van der Waals surface area contributed by atoms with E-state index in [4.69, 9.17) is 15.2 Å². The van der Waals surface area contributed by atoms with Crippen molar-refractivity contribution in [2.24, 2.45) is 5.73 Å². The number of hydrogen-bond acceptors (Lipinski definition) is 3. The van der Waals surface area contributed by atoms with Gasteiger partial charge in [-0.1, -0.05) is 12.1 Å². The molecule has 0 spiro atoms. The molecule has 1 aromatic carbocycles. The summed E-state index contributed by atoms with van der Waals surface area (Å²) in [5.74, 6) is 0.880. The smallest absolute Gasteiger partial charge is 0.119 e. The molecule has 1 unspecified atom stereocenters. The van der Waals surface area contributed by atoms with E-state index in [0.717, 1.165) is 12.2 Å². The lowest BCUT2D eigenvalue weighted by Gasteiger charge is -2.19. The van der Waals surface area contributed by atoms with Crippen LogP contribution in [0.25, 0.3) is 0 Å². The summed E-state index contributed by atoms with van der Waals surface area (Å²) in [6, 6.07) is 8.24. The third-order valence-electron chi connectivity index (χ3n) is 2.34. The van der Waals surface area contributed by atoms with Gasteiger partial charge in [-0.05, 0) is 51.8 Å². The van der Waals surface area contributed by atoms with Gasteiger partial charge in [0, 0.05) is 6.04 Å². The first-order valence-electron chi connectivity index (χ1n) is 6.48. The van der Waals surface area contributed by atoms with Gasteiger partial charge in [0.15, 0.2) is 0 Å². The Bertz CT molecular complexity index is 356. The molecule has 0 saturated carbocycles. The molecule has 18 heavy (non-hydrogen) atoms. The van der Waals surface area contributed by atoms with Gasteiger partial charge in [-0.15, -0.1) is 0 Å². The van der Waals surface area contributed by atoms with E-state index in [1.807, 2.05) is 45.9 Å². The van der Waals surface area contributed by atoms with E-state index in [0.29, 0.717) is 13.2 Å². The molecule has 0 radical (unpaired) electrons. The number of rotatable bonds is 6. The summed E-state index contributed by atoms with van der Waals surface area (Å²) in [6.45, 7) is 9.29. The summed E-state index contributed by atoms with van der Waals surface area (Å²) in [4.78, 5) is 0. The van der Waals surface area contributed by atoms with E-state index in [-0.39, 0.29) is 11.6 Å². The Morgan fingerprint density at radius 1 is 1.22 bits per heavy atom. The van der Waals surface area contributed by atoms with E-state index in [9.17, 15) is 0 Å². The van der Waals surface area contributed by atoms with Crippen LogP contribution in [0.2, 0.25) is 0 Å². The van der Waals surface area contributed by atoms with Crippen molar-refractivity contribution in [3.8, 4) is 5.75 Å². The van der Waals surface area contributed by atoms with Gasteiger partial charge >= 0.3 is 0 Å². The summed E-state index contributed by atoms with van der Waals surface area (Å²) in [5, 5.41) is 0. The summed E-state index contributed by atoms with van der Waals surface area (Å²) >= 11 is 0. The molecule has 0 aliphatic rings. The second-order valence-corrected chi connectivity index (χ2v) is 5.64. The van der Waals surface area contributed by atoms with Crippen molar-refractivity contribution in [1.29, 1.82) is 0 Å². The lowest BCUT2D eigenvalue weighted by molar-refractivity contribution is -0.0163. The average molecular weight is 251 g/mol. The van der Waals surface area contributed by atoms with Crippen molar-refractivity contribution in [2.45, 2.75) is 45.8 Å². The Labute approximate surface area is 110 Å². The van der Waals surface area contributed by atoms with Gasteiger partial charge in [-0.3, -0.25) is 0 Å². The summed E-state index contributed by atoms with van der Waals surface area (Å²) < 4.78 is 11.3. The number of nitrogens with two attached hydrogens (primary N) is 1. The monoisotopic (exact) mass is 251 g/mol. The molecule has 3 heteroatoms. The van der Waals surface area contributed by atoms with Crippen molar-refractivity contribution in [3.05, 3.63) is 29.8 Å². The van der Waals surface area contributed by atoms with Crippen LogP contribution in [0.1, 0.15) is 33.3 Å². The highest BCUT2D eigenvalue weighted by molar-refractivity contribution is 5.28. The summed E-state index contributed by atoms with van der Waals surface area (Å²) in [7, 11) is 0. The van der Waals surface area contributed by atoms with Crippen LogP contribution < -0.4 is 10.5 Å². The second kappa shape index (κ2) is 6.76. The normalized spacial score (nSPS) is 13.4. The molecule has 1 rings (SSSR count). The highest BCUT2D eigenvalue weighted by Crippen LogP contribution is 2.14. The van der Waals surface area contributed by atoms with Gasteiger partial charge in [-0.25, -0.2) is 0 Å². The van der Waals surface area contributed by atoms with E-state index in [1.165, 1.54) is 5.56 Å². The minimum absolute atomic E-state index is 0.111. The van der Waals surface area contributed by atoms with E-state index < -0.39 is 0 Å². The predicted molar refractivity (Wildman–Crippen MR) is 75.0 cm³/mol. The molecule has 0 heterocycles. The van der Waals surface area contributed by atoms with Gasteiger partial charge < -0.3 is 15.2 Å². The fourth-order valence-electron chi connectivity index (χ4n) is 1.64. The fraction of sp³-hybridized carbons (Fsp3) is 0.600. The molecule has 0 aliphatic carbocycles. The summed E-state index contributed by atoms with van der Waals surface area (Å²) in [6.07, 6.45) is 0.871. The van der Waals surface area contributed by atoms with Crippen LogP contribution in [-0.2, 0) is 11.2 Å². The number of hydrogen-bond donors (Lipinski definition) is 1. The highest BCUT2D eigenvalue weighted by Gasteiger charge is 2.09. The molecular formula is C15H25NO2. The van der Waals surface area contributed by atoms with Gasteiger partial charge in [0.2, 0.25) is 0 Å². The minimum atomic E-state index is -0.111. The van der Waals surface area contributed by atoms with Crippen molar-refractivity contribution >= 4 is 0 Å². The average Bonchev–Trinajstić information content (AvgIpc) is 2.23. The molecule has 102 valence electrons. The Balaban J connectivity index is 2.38. The maximum atomic E-state index is 5.78. The standard InChI is InChI=1S/C15H25NO2/c1-12(16)10-13-6-5-7-14(11-13)17-8-9-18-15(2,3)4/h5-7,11-12H,8-10,16H2,1-4H3. The van der Waals surface area contributed by atoms with Crippen molar-refractivity contribution in [1.82, 2.24) is 0 Å². The van der Waals surface area contributed by atoms with Crippen molar-refractivity contribution in [2.75, 3.05) is 13.2 Å². The van der Waals surface area contributed by atoms with Gasteiger partial charge in [0.25, 0.3) is 0 Å². The number of benzene rings is 1. The van der Waals surface area contributed by atoms with E-state index >= 15 is 0 Å².